The third kappa shape index (κ3) is 3.60. The quantitative estimate of drug-likeness (QED) is 0.813. The molecule has 0 aliphatic carbocycles. The van der Waals surface area contributed by atoms with Gasteiger partial charge in [0.2, 0.25) is 0 Å². The van der Waals surface area contributed by atoms with Gasteiger partial charge < -0.3 is 10.0 Å². The Balaban J connectivity index is 2.21. The number of benzene rings is 2. The van der Waals surface area contributed by atoms with Crippen molar-refractivity contribution >= 4 is 15.5 Å². The highest BCUT2D eigenvalue weighted by Crippen LogP contribution is 2.44. The average molecular weight is 392 g/mol. The van der Waals surface area contributed by atoms with Gasteiger partial charge in [-0.2, -0.15) is 0 Å². The summed E-state index contributed by atoms with van der Waals surface area (Å²) in [4.78, 5) is 2.18. The third-order valence-electron chi connectivity index (χ3n) is 5.49. The van der Waals surface area contributed by atoms with Crippen molar-refractivity contribution in [2.24, 2.45) is 5.41 Å². The molecule has 0 unspecified atom stereocenters. The molecule has 146 valence electrons. The molecule has 1 aliphatic rings. The molecule has 0 amide bonds. The van der Waals surface area contributed by atoms with Gasteiger partial charge in [-0.3, -0.25) is 0 Å². The molecule has 0 bridgehead atoms. The summed E-state index contributed by atoms with van der Waals surface area (Å²) >= 11 is 0. The second kappa shape index (κ2) is 6.91. The molecule has 0 aromatic heterocycles. The maximum atomic E-state index is 14.0. The molecule has 2 aromatic rings. The van der Waals surface area contributed by atoms with Crippen LogP contribution in [-0.2, 0) is 9.84 Å². The second-order valence-electron chi connectivity index (χ2n) is 7.96. The highest BCUT2D eigenvalue weighted by atomic mass is 32.2. The number of aliphatic hydroxyl groups is 1. The van der Waals surface area contributed by atoms with Crippen LogP contribution in [0, 0.1) is 11.2 Å². The summed E-state index contributed by atoms with van der Waals surface area (Å²) in [5.41, 5.74) is 1.24. The lowest BCUT2D eigenvalue weighted by atomic mass is 9.75. The smallest absolute Gasteiger partial charge is 0.179 e. The van der Waals surface area contributed by atoms with Crippen LogP contribution in [-0.4, -0.2) is 39.0 Å². The van der Waals surface area contributed by atoms with E-state index >= 15 is 0 Å². The molecule has 0 fully saturated rings. The largest absolute Gasteiger partial charge is 0.392 e. The van der Waals surface area contributed by atoms with Crippen LogP contribution < -0.4 is 4.90 Å². The minimum Gasteiger partial charge on any atom is -0.392 e. The van der Waals surface area contributed by atoms with Gasteiger partial charge in [0.25, 0.3) is 0 Å². The molecule has 0 spiro atoms. The molecule has 2 atom stereocenters. The number of aliphatic hydroxyl groups excluding tert-OH is 1. The first-order chi connectivity index (χ1) is 12.6. The molecule has 0 saturated carbocycles. The number of hydrogen-bond donors (Lipinski definition) is 1. The molecule has 4 nitrogen and oxygen atoms in total. The van der Waals surface area contributed by atoms with Crippen LogP contribution in [0.4, 0.5) is 10.1 Å². The first-order valence-corrected chi connectivity index (χ1v) is 10.7. The van der Waals surface area contributed by atoms with Gasteiger partial charge in [-0.1, -0.05) is 26.0 Å². The van der Waals surface area contributed by atoms with Gasteiger partial charge in [-0.15, -0.1) is 0 Å². The fourth-order valence-corrected chi connectivity index (χ4v) is 5.93. The summed E-state index contributed by atoms with van der Waals surface area (Å²) in [6, 6.07) is 11.4. The van der Waals surface area contributed by atoms with Crippen LogP contribution in [0.15, 0.2) is 47.4 Å². The van der Waals surface area contributed by atoms with Gasteiger partial charge in [0.05, 0.1) is 16.8 Å². The van der Waals surface area contributed by atoms with E-state index in [1.807, 2.05) is 31.3 Å². The molecule has 1 aliphatic heterocycles. The summed E-state index contributed by atoms with van der Waals surface area (Å²) in [7, 11) is -1.66. The standard InChI is InChI=1S/C21H26FNO3S/c1-5-23(4)16-9-6-14(7-10-16)19-17-12-15(22)8-11-18(17)27(25,26)13-21(2,3)20(19)24/h6-12,19-20,24H,5,13H2,1-4H3/t19-,20-/m1/s1. The molecule has 1 heterocycles. The summed E-state index contributed by atoms with van der Waals surface area (Å²) in [6.45, 7) is 6.38. The Labute approximate surface area is 160 Å². The lowest BCUT2D eigenvalue weighted by molar-refractivity contribution is 0.0520. The molecule has 0 saturated heterocycles. The van der Waals surface area contributed by atoms with Crippen LogP contribution in [0.25, 0.3) is 0 Å². The van der Waals surface area contributed by atoms with E-state index in [-0.39, 0.29) is 10.6 Å². The first kappa shape index (κ1) is 19.8. The highest BCUT2D eigenvalue weighted by Gasteiger charge is 2.45. The number of anilines is 1. The van der Waals surface area contributed by atoms with Gasteiger partial charge in [-0.25, -0.2) is 12.8 Å². The van der Waals surface area contributed by atoms with Gasteiger partial charge >= 0.3 is 0 Å². The lowest BCUT2D eigenvalue weighted by Gasteiger charge is -2.33. The predicted octanol–water partition coefficient (Wildman–Crippen LogP) is 3.59. The normalized spacial score (nSPS) is 23.3. The van der Waals surface area contributed by atoms with E-state index in [4.69, 9.17) is 0 Å². The summed E-state index contributed by atoms with van der Waals surface area (Å²) < 4.78 is 39.8. The number of fused-ring (bicyclic) bond motifs is 1. The van der Waals surface area contributed by atoms with Crippen LogP contribution in [0.5, 0.6) is 0 Å². The maximum Gasteiger partial charge on any atom is 0.179 e. The zero-order valence-corrected chi connectivity index (χ0v) is 16.9. The van der Waals surface area contributed by atoms with Crippen molar-refractivity contribution in [3.8, 4) is 0 Å². The molecule has 3 rings (SSSR count). The van der Waals surface area contributed by atoms with Crippen LogP contribution in [0.3, 0.4) is 0 Å². The Morgan fingerprint density at radius 1 is 1.19 bits per heavy atom. The second-order valence-corrected chi connectivity index (χ2v) is 9.92. The Morgan fingerprint density at radius 2 is 1.81 bits per heavy atom. The number of rotatable bonds is 3. The van der Waals surface area contributed by atoms with E-state index in [1.165, 1.54) is 12.1 Å². The SMILES string of the molecule is CCN(C)c1ccc([C@@H]2c3cc(F)ccc3S(=O)(=O)CC(C)(C)[C@@H]2O)cc1. The molecule has 2 aromatic carbocycles. The monoisotopic (exact) mass is 391 g/mol. The van der Waals surface area contributed by atoms with Gasteiger partial charge in [-0.05, 0) is 48.4 Å². The van der Waals surface area contributed by atoms with Gasteiger partial charge in [0.15, 0.2) is 9.84 Å². The molecule has 27 heavy (non-hydrogen) atoms. The fourth-order valence-electron chi connectivity index (χ4n) is 3.80. The van der Waals surface area contributed by atoms with Gasteiger partial charge in [0, 0.05) is 30.6 Å². The lowest BCUT2D eigenvalue weighted by Crippen LogP contribution is -2.38. The fraction of sp³-hybridized carbons (Fsp3) is 0.429. The summed E-state index contributed by atoms with van der Waals surface area (Å²) in [5.74, 6) is -1.32. The molecular formula is C21H26FNO3S. The van der Waals surface area contributed by atoms with Crippen LogP contribution in [0.2, 0.25) is 0 Å². The highest BCUT2D eigenvalue weighted by molar-refractivity contribution is 7.91. The Morgan fingerprint density at radius 3 is 2.41 bits per heavy atom. The Kier molecular flexibility index (Phi) is 5.08. The maximum absolute atomic E-state index is 14.0. The van der Waals surface area contributed by atoms with E-state index < -0.39 is 33.1 Å². The summed E-state index contributed by atoms with van der Waals surface area (Å²) in [5, 5.41) is 11.1. The first-order valence-electron chi connectivity index (χ1n) is 9.08. The van der Waals surface area contributed by atoms with Crippen molar-refractivity contribution in [2.45, 2.75) is 37.7 Å². The zero-order chi connectivity index (χ0) is 20.0. The van der Waals surface area contributed by atoms with Crippen molar-refractivity contribution in [3.63, 3.8) is 0 Å². The molecule has 6 heteroatoms. The van der Waals surface area contributed by atoms with Crippen LogP contribution >= 0.6 is 0 Å². The molecular weight excluding hydrogens is 365 g/mol. The van der Waals surface area contributed by atoms with Gasteiger partial charge in [0.1, 0.15) is 5.82 Å². The van der Waals surface area contributed by atoms with E-state index in [0.717, 1.165) is 23.9 Å². The third-order valence-corrected chi connectivity index (χ3v) is 7.65. The van der Waals surface area contributed by atoms with Crippen molar-refractivity contribution < 1.29 is 17.9 Å². The number of halogens is 1. The summed E-state index contributed by atoms with van der Waals surface area (Å²) in [6.07, 6.45) is -0.968. The molecule has 0 radical (unpaired) electrons. The number of hydrogen-bond acceptors (Lipinski definition) is 4. The molecule has 1 N–H and O–H groups in total. The van der Waals surface area contributed by atoms with Crippen molar-refractivity contribution in [3.05, 3.63) is 59.4 Å². The van der Waals surface area contributed by atoms with Crippen molar-refractivity contribution in [2.75, 3.05) is 24.2 Å². The Hall–Kier alpha value is -1.92. The van der Waals surface area contributed by atoms with Crippen LogP contribution in [0.1, 0.15) is 37.8 Å². The van der Waals surface area contributed by atoms with E-state index in [0.29, 0.717) is 5.56 Å². The Bertz CT molecular complexity index is 938. The van der Waals surface area contributed by atoms with E-state index in [2.05, 4.69) is 11.8 Å². The number of nitrogens with zero attached hydrogens (tertiary/aromatic N) is 1. The van der Waals surface area contributed by atoms with Crippen molar-refractivity contribution in [1.82, 2.24) is 0 Å². The van der Waals surface area contributed by atoms with E-state index in [9.17, 15) is 17.9 Å². The van der Waals surface area contributed by atoms with E-state index in [1.54, 1.807) is 13.8 Å². The zero-order valence-electron chi connectivity index (χ0n) is 16.1. The topological polar surface area (TPSA) is 57.6 Å². The number of sulfone groups is 1. The van der Waals surface area contributed by atoms with Crippen molar-refractivity contribution in [1.29, 1.82) is 0 Å². The predicted molar refractivity (Wildman–Crippen MR) is 105 cm³/mol. The average Bonchev–Trinajstić information content (AvgIpc) is 2.65. The minimum absolute atomic E-state index is 0.105. The minimum atomic E-state index is -3.64.